The Kier molecular flexibility index (Phi) is 5.04. The van der Waals surface area contributed by atoms with Crippen LogP contribution in [0.2, 0.25) is 0 Å². The number of hydrogen-bond donors (Lipinski definition) is 2. The van der Waals surface area contributed by atoms with Gasteiger partial charge in [0.2, 0.25) is 10.0 Å². The lowest BCUT2D eigenvalue weighted by atomic mass is 10.1. The molecule has 0 radical (unpaired) electrons. The zero-order valence-corrected chi connectivity index (χ0v) is 13.1. The summed E-state index contributed by atoms with van der Waals surface area (Å²) in [6, 6.07) is 2.66. The number of nitrogens with one attached hydrogen (secondary N) is 1. The van der Waals surface area contributed by atoms with Crippen molar-refractivity contribution in [2.45, 2.75) is 24.8 Å². The van der Waals surface area contributed by atoms with E-state index in [0.717, 1.165) is 5.69 Å². The number of sulfonamides is 1. The number of nitrogens with zero attached hydrogens (tertiary/aromatic N) is 1. The molecule has 0 atom stereocenters. The second-order valence-corrected chi connectivity index (χ2v) is 6.99. The van der Waals surface area contributed by atoms with E-state index in [4.69, 9.17) is 5.73 Å². The molecule has 2 aromatic rings. The van der Waals surface area contributed by atoms with Crippen LogP contribution >= 0.6 is 11.3 Å². The van der Waals surface area contributed by atoms with Crippen LogP contribution in [0, 0.1) is 12.7 Å². The standard InChI is InChI=1S/C13H16FN3O2S2/c1-9-12(14)4-10(6-15)5-13(9)21(18,19)17-3-2-11-7-20-8-16-11/h4-5,7-8,17H,2-3,6,15H2,1H3. The molecule has 0 aliphatic heterocycles. The number of rotatable bonds is 6. The van der Waals surface area contributed by atoms with Gasteiger partial charge in [-0.05, 0) is 24.6 Å². The molecule has 0 spiro atoms. The summed E-state index contributed by atoms with van der Waals surface area (Å²) in [5, 5.41) is 1.86. The lowest BCUT2D eigenvalue weighted by molar-refractivity contribution is 0.573. The molecule has 21 heavy (non-hydrogen) atoms. The molecule has 0 bridgehead atoms. The summed E-state index contributed by atoms with van der Waals surface area (Å²) in [6.45, 7) is 1.73. The fraction of sp³-hybridized carbons (Fsp3) is 0.308. The second-order valence-electron chi connectivity index (χ2n) is 4.53. The van der Waals surface area contributed by atoms with Gasteiger partial charge in [-0.2, -0.15) is 0 Å². The highest BCUT2D eigenvalue weighted by atomic mass is 32.2. The topological polar surface area (TPSA) is 85.1 Å². The SMILES string of the molecule is Cc1c(F)cc(CN)cc1S(=O)(=O)NCCc1cscn1. The molecular formula is C13H16FN3O2S2. The Labute approximate surface area is 127 Å². The summed E-state index contributed by atoms with van der Waals surface area (Å²) in [5.41, 5.74) is 8.50. The lowest BCUT2D eigenvalue weighted by Crippen LogP contribution is -2.27. The smallest absolute Gasteiger partial charge is 0.240 e. The van der Waals surface area contributed by atoms with Crippen molar-refractivity contribution in [1.29, 1.82) is 0 Å². The lowest BCUT2D eigenvalue weighted by Gasteiger charge is -2.11. The van der Waals surface area contributed by atoms with Crippen LogP contribution in [0.3, 0.4) is 0 Å². The Balaban J connectivity index is 2.17. The number of nitrogens with two attached hydrogens (primary N) is 1. The number of halogens is 1. The minimum atomic E-state index is -3.77. The fourth-order valence-corrected chi connectivity index (χ4v) is 3.78. The summed E-state index contributed by atoms with van der Waals surface area (Å²) >= 11 is 1.45. The van der Waals surface area contributed by atoms with Gasteiger partial charge in [0.15, 0.2) is 0 Å². The first-order valence-electron chi connectivity index (χ1n) is 6.30. The van der Waals surface area contributed by atoms with E-state index in [9.17, 15) is 12.8 Å². The maximum atomic E-state index is 13.7. The van der Waals surface area contributed by atoms with E-state index in [1.807, 2.05) is 5.38 Å². The van der Waals surface area contributed by atoms with Crippen LogP contribution < -0.4 is 10.5 Å². The molecule has 8 heteroatoms. The van der Waals surface area contributed by atoms with Crippen molar-refractivity contribution in [2.75, 3.05) is 6.54 Å². The van der Waals surface area contributed by atoms with Crippen LogP contribution in [0.15, 0.2) is 27.9 Å². The highest BCUT2D eigenvalue weighted by Gasteiger charge is 2.19. The number of benzene rings is 1. The van der Waals surface area contributed by atoms with Gasteiger partial charge in [-0.1, -0.05) is 0 Å². The fourth-order valence-electron chi connectivity index (χ4n) is 1.86. The van der Waals surface area contributed by atoms with E-state index in [0.29, 0.717) is 12.0 Å². The van der Waals surface area contributed by atoms with Gasteiger partial charge in [-0.15, -0.1) is 11.3 Å². The third-order valence-electron chi connectivity index (χ3n) is 3.04. The van der Waals surface area contributed by atoms with Crippen LogP contribution in [-0.2, 0) is 23.0 Å². The number of hydrogen-bond acceptors (Lipinski definition) is 5. The third kappa shape index (κ3) is 3.85. The third-order valence-corrected chi connectivity index (χ3v) is 5.26. The van der Waals surface area contributed by atoms with Crippen LogP contribution in [0.25, 0.3) is 0 Å². The Morgan fingerprint density at radius 3 is 2.81 bits per heavy atom. The quantitative estimate of drug-likeness (QED) is 0.842. The predicted octanol–water partition coefficient (Wildman–Crippen LogP) is 1.57. The van der Waals surface area contributed by atoms with E-state index in [1.54, 1.807) is 5.51 Å². The summed E-state index contributed by atoms with van der Waals surface area (Å²) in [7, 11) is -3.77. The van der Waals surface area contributed by atoms with Crippen molar-refractivity contribution in [2.24, 2.45) is 5.73 Å². The van der Waals surface area contributed by atoms with Crippen molar-refractivity contribution in [3.8, 4) is 0 Å². The molecular weight excluding hydrogens is 313 g/mol. The van der Waals surface area contributed by atoms with Gasteiger partial charge in [-0.25, -0.2) is 22.5 Å². The molecule has 2 rings (SSSR count). The van der Waals surface area contributed by atoms with Gasteiger partial charge < -0.3 is 5.73 Å². The van der Waals surface area contributed by atoms with Crippen LogP contribution in [0.5, 0.6) is 0 Å². The minimum Gasteiger partial charge on any atom is -0.326 e. The largest absolute Gasteiger partial charge is 0.326 e. The average molecular weight is 329 g/mol. The van der Waals surface area contributed by atoms with Gasteiger partial charge in [-0.3, -0.25) is 0 Å². The molecule has 0 saturated heterocycles. The molecule has 0 aliphatic carbocycles. The summed E-state index contributed by atoms with van der Waals surface area (Å²) in [5.74, 6) is -0.571. The maximum absolute atomic E-state index is 13.7. The first-order chi connectivity index (χ1) is 9.94. The monoisotopic (exact) mass is 329 g/mol. The molecule has 0 fully saturated rings. The molecule has 5 nitrogen and oxygen atoms in total. The first-order valence-corrected chi connectivity index (χ1v) is 8.72. The second kappa shape index (κ2) is 6.61. The van der Waals surface area contributed by atoms with Crippen LogP contribution in [0.1, 0.15) is 16.8 Å². The van der Waals surface area contributed by atoms with E-state index in [-0.39, 0.29) is 23.5 Å². The van der Waals surface area contributed by atoms with Crippen LogP contribution in [0.4, 0.5) is 4.39 Å². The summed E-state index contributed by atoms with van der Waals surface area (Å²) < 4.78 is 40.7. The van der Waals surface area contributed by atoms with Gasteiger partial charge in [0.1, 0.15) is 5.82 Å². The predicted molar refractivity (Wildman–Crippen MR) is 80.0 cm³/mol. The van der Waals surface area contributed by atoms with Crippen molar-refractivity contribution >= 4 is 21.4 Å². The molecule has 0 aliphatic rings. The molecule has 114 valence electrons. The van der Waals surface area contributed by atoms with E-state index in [2.05, 4.69) is 9.71 Å². The Morgan fingerprint density at radius 2 is 2.19 bits per heavy atom. The number of aromatic nitrogens is 1. The van der Waals surface area contributed by atoms with Gasteiger partial charge in [0.25, 0.3) is 0 Å². The molecule has 1 aromatic heterocycles. The van der Waals surface area contributed by atoms with Gasteiger partial charge in [0, 0.05) is 30.5 Å². The minimum absolute atomic E-state index is 0.0683. The Hall–Kier alpha value is -1.35. The van der Waals surface area contributed by atoms with Crippen LogP contribution in [-0.4, -0.2) is 19.9 Å². The average Bonchev–Trinajstić information content (AvgIpc) is 2.94. The van der Waals surface area contributed by atoms with E-state index in [1.165, 1.54) is 30.4 Å². The summed E-state index contributed by atoms with van der Waals surface area (Å²) in [4.78, 5) is 4.01. The number of thiazole rings is 1. The molecule has 0 saturated carbocycles. The molecule has 0 unspecified atom stereocenters. The van der Waals surface area contributed by atoms with Gasteiger partial charge in [0.05, 0.1) is 16.1 Å². The molecule has 1 aromatic carbocycles. The maximum Gasteiger partial charge on any atom is 0.240 e. The van der Waals surface area contributed by atoms with Crippen molar-refractivity contribution in [1.82, 2.24) is 9.71 Å². The van der Waals surface area contributed by atoms with Gasteiger partial charge >= 0.3 is 0 Å². The summed E-state index contributed by atoms with van der Waals surface area (Å²) in [6.07, 6.45) is 0.487. The normalized spacial score (nSPS) is 11.8. The van der Waals surface area contributed by atoms with Crippen molar-refractivity contribution < 1.29 is 12.8 Å². The highest BCUT2D eigenvalue weighted by Crippen LogP contribution is 2.20. The highest BCUT2D eigenvalue weighted by molar-refractivity contribution is 7.89. The Morgan fingerprint density at radius 1 is 1.43 bits per heavy atom. The zero-order chi connectivity index (χ0) is 15.5. The van der Waals surface area contributed by atoms with Crippen molar-refractivity contribution in [3.05, 3.63) is 45.7 Å². The molecule has 1 heterocycles. The Bertz CT molecular complexity index is 715. The van der Waals surface area contributed by atoms with E-state index >= 15 is 0 Å². The molecule has 3 N–H and O–H groups in total. The van der Waals surface area contributed by atoms with E-state index < -0.39 is 15.8 Å². The molecule has 0 amide bonds. The van der Waals surface area contributed by atoms with Crippen molar-refractivity contribution in [3.63, 3.8) is 0 Å². The first kappa shape index (κ1) is 16.0. The zero-order valence-electron chi connectivity index (χ0n) is 11.5.